The highest BCUT2D eigenvalue weighted by molar-refractivity contribution is 6.07. The molecule has 3 aromatic rings. The molecular weight excluding hydrogens is 570 g/mol. The third kappa shape index (κ3) is 6.31. The highest BCUT2D eigenvalue weighted by Crippen LogP contribution is 2.50. The average molecular weight is 610 g/mol. The molecule has 0 spiro atoms. The van der Waals surface area contributed by atoms with Gasteiger partial charge in [0.25, 0.3) is 0 Å². The Morgan fingerprint density at radius 1 is 0.956 bits per heavy atom. The van der Waals surface area contributed by atoms with E-state index in [4.69, 9.17) is 9.47 Å². The molecule has 1 unspecified atom stereocenters. The Morgan fingerprint density at radius 3 is 2.24 bits per heavy atom. The van der Waals surface area contributed by atoms with Crippen LogP contribution < -0.4 is 16.0 Å². The van der Waals surface area contributed by atoms with Gasteiger partial charge in [-0.2, -0.15) is 0 Å². The van der Waals surface area contributed by atoms with Crippen molar-refractivity contribution in [2.24, 2.45) is 0 Å². The zero-order valence-electron chi connectivity index (χ0n) is 25.7. The molecule has 0 radical (unpaired) electrons. The fourth-order valence-corrected chi connectivity index (χ4v) is 6.81. The van der Waals surface area contributed by atoms with Crippen LogP contribution in [0.1, 0.15) is 61.4 Å². The van der Waals surface area contributed by atoms with E-state index in [0.717, 1.165) is 22.3 Å². The summed E-state index contributed by atoms with van der Waals surface area (Å²) in [6.45, 7) is 5.34. The van der Waals surface area contributed by atoms with Gasteiger partial charge in [-0.25, -0.2) is 9.59 Å². The number of Topliss-reactive ketones (excluding diaryl/α,β-unsaturated/α-hetero) is 1. The van der Waals surface area contributed by atoms with Crippen molar-refractivity contribution in [1.29, 1.82) is 0 Å². The van der Waals surface area contributed by atoms with Crippen molar-refractivity contribution in [3.05, 3.63) is 119 Å². The number of rotatable bonds is 9. The van der Waals surface area contributed by atoms with Gasteiger partial charge in [0.2, 0.25) is 0 Å². The van der Waals surface area contributed by atoms with Gasteiger partial charge in [0.15, 0.2) is 5.78 Å². The summed E-state index contributed by atoms with van der Waals surface area (Å²) in [5, 5.41) is 21.0. The number of carbonyl (C=O) groups excluding carboxylic acids is 3. The number of aliphatic hydroxyl groups excluding tert-OH is 1. The van der Waals surface area contributed by atoms with E-state index in [1.165, 1.54) is 0 Å². The molecule has 1 aliphatic carbocycles. The Morgan fingerprint density at radius 2 is 1.58 bits per heavy atom. The van der Waals surface area contributed by atoms with Gasteiger partial charge in [-0.3, -0.25) is 4.79 Å². The minimum absolute atomic E-state index is 0.00846. The van der Waals surface area contributed by atoms with Gasteiger partial charge in [0.05, 0.1) is 24.1 Å². The van der Waals surface area contributed by atoms with E-state index in [1.54, 1.807) is 27.0 Å². The maximum Gasteiger partial charge on any atom is 0.408 e. The number of fused-ring (bicyclic) bond motifs is 3. The molecule has 0 bridgehead atoms. The number of aliphatic hydroxyl groups is 1. The molecule has 234 valence electrons. The standard InChI is InChI=1S/C36H39N3O6/c1-35(2,3)45-34(43)38-27(18-22-12-6-4-7-13-22)28(40)20-36(19-23-14-8-5-9-15-23)32(41)26(21-37-36)29-24-16-10-11-17-25(24)30-31(29)44-33(42)39-30/h4-17,21,27-31,37,40H,18-20H2,1-3H3,(H,38,43)(H,39,42)/t27-,28-,29?,30+,31-,36-/m0/s1. The summed E-state index contributed by atoms with van der Waals surface area (Å²) >= 11 is 0. The monoisotopic (exact) mass is 609 g/mol. The molecule has 45 heavy (non-hydrogen) atoms. The minimum atomic E-state index is -1.22. The number of ketones is 1. The molecule has 3 aliphatic rings. The van der Waals surface area contributed by atoms with Crippen molar-refractivity contribution >= 4 is 18.0 Å². The smallest absolute Gasteiger partial charge is 0.408 e. The van der Waals surface area contributed by atoms with E-state index in [0.29, 0.717) is 18.4 Å². The molecule has 1 fully saturated rings. The lowest BCUT2D eigenvalue weighted by atomic mass is 9.76. The molecule has 2 amide bonds. The van der Waals surface area contributed by atoms with Crippen LogP contribution in [0, 0.1) is 0 Å². The Kier molecular flexibility index (Phi) is 8.14. The SMILES string of the molecule is CC(C)(C)OC(=O)N[C@@H](Cc1ccccc1)[C@@H](O)C[C@]1(Cc2ccccc2)NC=C(C2c3ccccc3[C@H]3NC(=O)O[C@@H]23)C1=O. The molecule has 0 saturated carbocycles. The molecule has 3 aromatic carbocycles. The molecule has 6 atom stereocenters. The summed E-state index contributed by atoms with van der Waals surface area (Å²) in [5.41, 5.74) is 2.24. The number of alkyl carbamates (subject to hydrolysis) is 2. The van der Waals surface area contributed by atoms with Gasteiger partial charge in [-0.15, -0.1) is 0 Å². The highest BCUT2D eigenvalue weighted by atomic mass is 16.6. The van der Waals surface area contributed by atoms with Gasteiger partial charge in [0.1, 0.15) is 17.2 Å². The first kappa shape index (κ1) is 30.4. The summed E-state index contributed by atoms with van der Waals surface area (Å²) in [5.74, 6) is -0.649. The van der Waals surface area contributed by atoms with E-state index in [9.17, 15) is 19.5 Å². The largest absolute Gasteiger partial charge is 0.444 e. The van der Waals surface area contributed by atoms with Gasteiger partial charge in [0, 0.05) is 24.6 Å². The molecule has 6 rings (SSSR count). The fourth-order valence-electron chi connectivity index (χ4n) is 6.81. The van der Waals surface area contributed by atoms with Crippen LogP contribution >= 0.6 is 0 Å². The predicted molar refractivity (Wildman–Crippen MR) is 168 cm³/mol. The first-order valence-electron chi connectivity index (χ1n) is 15.4. The third-order valence-electron chi connectivity index (χ3n) is 8.75. The first-order valence-corrected chi connectivity index (χ1v) is 15.4. The molecule has 1 saturated heterocycles. The van der Waals surface area contributed by atoms with Crippen LogP contribution in [0.15, 0.2) is 96.7 Å². The fraction of sp³-hybridized carbons (Fsp3) is 0.361. The number of carbonyl (C=O) groups is 3. The maximum atomic E-state index is 14.7. The predicted octanol–water partition coefficient (Wildman–Crippen LogP) is 4.86. The highest BCUT2D eigenvalue weighted by Gasteiger charge is 2.55. The molecule has 4 N–H and O–H groups in total. The van der Waals surface area contributed by atoms with E-state index < -0.39 is 47.5 Å². The van der Waals surface area contributed by atoms with Gasteiger partial charge in [-0.1, -0.05) is 84.9 Å². The second-order valence-corrected chi connectivity index (χ2v) is 13.1. The van der Waals surface area contributed by atoms with Gasteiger partial charge < -0.3 is 30.5 Å². The Balaban J connectivity index is 1.32. The minimum Gasteiger partial charge on any atom is -0.444 e. The van der Waals surface area contributed by atoms with Crippen molar-refractivity contribution in [2.45, 2.75) is 81.4 Å². The van der Waals surface area contributed by atoms with Crippen LogP contribution in [-0.2, 0) is 27.1 Å². The lowest BCUT2D eigenvalue weighted by Crippen LogP contribution is -2.55. The van der Waals surface area contributed by atoms with Crippen molar-refractivity contribution in [1.82, 2.24) is 16.0 Å². The number of amides is 2. The van der Waals surface area contributed by atoms with E-state index >= 15 is 0 Å². The van der Waals surface area contributed by atoms with Gasteiger partial charge >= 0.3 is 12.2 Å². The number of nitrogens with one attached hydrogen (secondary N) is 3. The van der Waals surface area contributed by atoms with Crippen LogP contribution in [0.5, 0.6) is 0 Å². The topological polar surface area (TPSA) is 126 Å². The third-order valence-corrected chi connectivity index (χ3v) is 8.75. The van der Waals surface area contributed by atoms with Crippen LogP contribution in [0.2, 0.25) is 0 Å². The summed E-state index contributed by atoms with van der Waals surface area (Å²) in [6.07, 6.45) is -0.479. The van der Waals surface area contributed by atoms with Crippen molar-refractivity contribution < 1.29 is 29.0 Å². The normalized spacial score (nSPS) is 24.8. The molecule has 2 heterocycles. The zero-order valence-corrected chi connectivity index (χ0v) is 25.7. The van der Waals surface area contributed by atoms with Crippen LogP contribution in [0.25, 0.3) is 0 Å². The van der Waals surface area contributed by atoms with E-state index in [2.05, 4.69) is 16.0 Å². The average Bonchev–Trinajstić information content (AvgIpc) is 3.62. The number of benzene rings is 3. The molecule has 9 nitrogen and oxygen atoms in total. The van der Waals surface area contributed by atoms with Crippen molar-refractivity contribution in [3.8, 4) is 0 Å². The van der Waals surface area contributed by atoms with E-state index in [1.807, 2.05) is 84.9 Å². The molecular formula is C36H39N3O6. The summed E-state index contributed by atoms with van der Waals surface area (Å²) < 4.78 is 11.2. The van der Waals surface area contributed by atoms with Crippen molar-refractivity contribution in [2.75, 3.05) is 0 Å². The first-order chi connectivity index (χ1) is 21.5. The molecule has 9 heteroatoms. The lowest BCUT2D eigenvalue weighted by Gasteiger charge is -2.35. The van der Waals surface area contributed by atoms with Crippen LogP contribution in [-0.4, -0.2) is 52.5 Å². The Labute approximate surface area is 263 Å². The van der Waals surface area contributed by atoms with Crippen molar-refractivity contribution in [3.63, 3.8) is 0 Å². The Bertz CT molecular complexity index is 1600. The number of hydrogen-bond acceptors (Lipinski definition) is 7. The lowest BCUT2D eigenvalue weighted by molar-refractivity contribution is -0.122. The van der Waals surface area contributed by atoms with Crippen LogP contribution in [0.3, 0.4) is 0 Å². The maximum absolute atomic E-state index is 14.7. The van der Waals surface area contributed by atoms with Crippen LogP contribution in [0.4, 0.5) is 9.59 Å². The second kappa shape index (κ2) is 12.0. The molecule has 0 aromatic heterocycles. The summed E-state index contributed by atoms with van der Waals surface area (Å²) in [6, 6.07) is 25.9. The Hall–Kier alpha value is -4.63. The number of ether oxygens (including phenoxy) is 2. The molecule has 2 aliphatic heterocycles. The summed E-state index contributed by atoms with van der Waals surface area (Å²) in [4.78, 5) is 39.9. The quantitative estimate of drug-likeness (QED) is 0.273. The number of hydrogen-bond donors (Lipinski definition) is 4. The summed E-state index contributed by atoms with van der Waals surface area (Å²) in [7, 11) is 0. The van der Waals surface area contributed by atoms with Gasteiger partial charge in [-0.05, 0) is 49.4 Å². The zero-order chi connectivity index (χ0) is 31.8. The second-order valence-electron chi connectivity index (χ2n) is 13.1. The van der Waals surface area contributed by atoms with E-state index in [-0.39, 0.29) is 18.2 Å².